The molecule has 0 radical (unpaired) electrons. The van der Waals surface area contributed by atoms with Gasteiger partial charge in [0, 0.05) is 29.6 Å². The summed E-state index contributed by atoms with van der Waals surface area (Å²) in [5.74, 6) is -1.06. The van der Waals surface area contributed by atoms with E-state index in [1.165, 1.54) is 53.7 Å². The highest BCUT2D eigenvalue weighted by Gasteiger charge is 2.31. The molecule has 0 bridgehead atoms. The van der Waals surface area contributed by atoms with Crippen LogP contribution in [-0.4, -0.2) is 48.1 Å². The molecule has 1 N–H and O–H groups in total. The van der Waals surface area contributed by atoms with E-state index in [4.69, 9.17) is 9.47 Å². The smallest absolute Gasteiger partial charge is 0.409 e. The lowest BCUT2D eigenvalue weighted by Gasteiger charge is -2.25. The number of thiophene rings is 1. The predicted octanol–water partition coefficient (Wildman–Crippen LogP) is 3.61. The first kappa shape index (κ1) is 22.9. The summed E-state index contributed by atoms with van der Waals surface area (Å²) in [7, 11) is 1.30. The third-order valence-electron chi connectivity index (χ3n) is 4.71. The van der Waals surface area contributed by atoms with E-state index < -0.39 is 22.9 Å². The summed E-state index contributed by atoms with van der Waals surface area (Å²) in [5.41, 5.74) is 1.43. The Morgan fingerprint density at radius 2 is 2.12 bits per heavy atom. The van der Waals surface area contributed by atoms with Crippen LogP contribution in [0.15, 0.2) is 30.3 Å². The fraction of sp³-hybridized carbons (Fsp3) is 0.286. The fourth-order valence-electron chi connectivity index (χ4n) is 3.26. The minimum atomic E-state index is -0.547. The third kappa shape index (κ3) is 5.11. The first-order chi connectivity index (χ1) is 15.3. The molecular weight excluding hydrogens is 438 g/mol. The Bertz CT molecular complexity index is 1090. The number of benzene rings is 1. The topological polar surface area (TPSA) is 128 Å². The molecule has 2 aromatic rings. The summed E-state index contributed by atoms with van der Waals surface area (Å²) in [6, 6.07) is 5.86. The van der Waals surface area contributed by atoms with E-state index in [9.17, 15) is 24.5 Å². The second-order valence-electron chi connectivity index (χ2n) is 6.74. The number of hydrogen-bond donors (Lipinski definition) is 1. The zero-order chi connectivity index (χ0) is 23.3. The van der Waals surface area contributed by atoms with Gasteiger partial charge in [-0.2, -0.15) is 0 Å². The van der Waals surface area contributed by atoms with Crippen molar-refractivity contribution >= 4 is 46.1 Å². The number of methoxy groups -OCH3 is 1. The molecule has 1 aliphatic heterocycles. The van der Waals surface area contributed by atoms with Crippen LogP contribution in [-0.2, 0) is 27.2 Å². The van der Waals surface area contributed by atoms with E-state index in [0.29, 0.717) is 23.5 Å². The number of hydrogen-bond acceptors (Lipinski definition) is 8. The van der Waals surface area contributed by atoms with Gasteiger partial charge in [-0.15, -0.1) is 11.3 Å². The van der Waals surface area contributed by atoms with Crippen molar-refractivity contribution < 1.29 is 28.8 Å². The van der Waals surface area contributed by atoms with Gasteiger partial charge in [-0.25, -0.2) is 9.59 Å². The highest BCUT2D eigenvalue weighted by molar-refractivity contribution is 7.17. The van der Waals surface area contributed by atoms with Crippen molar-refractivity contribution in [1.29, 1.82) is 0 Å². The number of anilines is 1. The van der Waals surface area contributed by atoms with Gasteiger partial charge < -0.3 is 19.7 Å². The molecule has 0 saturated heterocycles. The zero-order valence-electron chi connectivity index (χ0n) is 17.5. The van der Waals surface area contributed by atoms with Gasteiger partial charge >= 0.3 is 12.1 Å². The van der Waals surface area contributed by atoms with E-state index in [2.05, 4.69) is 5.32 Å². The van der Waals surface area contributed by atoms with Crippen LogP contribution in [0.4, 0.5) is 15.5 Å². The largest absolute Gasteiger partial charge is 0.462 e. The van der Waals surface area contributed by atoms with Crippen LogP contribution in [0.5, 0.6) is 0 Å². The first-order valence-corrected chi connectivity index (χ1v) is 10.5. The summed E-state index contributed by atoms with van der Waals surface area (Å²) < 4.78 is 9.93. The van der Waals surface area contributed by atoms with Crippen molar-refractivity contribution in [2.24, 2.45) is 0 Å². The molecule has 0 fully saturated rings. The van der Waals surface area contributed by atoms with E-state index in [0.717, 1.165) is 10.4 Å². The molecule has 1 aromatic carbocycles. The number of nitro benzene ring substituents is 1. The summed E-state index contributed by atoms with van der Waals surface area (Å²) in [6.07, 6.45) is 2.63. The monoisotopic (exact) mass is 459 g/mol. The summed E-state index contributed by atoms with van der Waals surface area (Å²) in [6.45, 7) is 2.51. The van der Waals surface area contributed by atoms with Crippen molar-refractivity contribution in [2.75, 3.05) is 25.6 Å². The lowest BCUT2D eigenvalue weighted by molar-refractivity contribution is -0.384. The predicted molar refractivity (Wildman–Crippen MR) is 118 cm³/mol. The average molecular weight is 459 g/mol. The van der Waals surface area contributed by atoms with Gasteiger partial charge in [0.15, 0.2) is 0 Å². The lowest BCUT2D eigenvalue weighted by atomic mass is 10.0. The Hall–Kier alpha value is -3.73. The van der Waals surface area contributed by atoms with Gasteiger partial charge in [0.25, 0.3) is 5.69 Å². The van der Waals surface area contributed by atoms with Crippen molar-refractivity contribution in [3.05, 3.63) is 62.0 Å². The molecule has 2 amide bonds. The standard InChI is InChI=1S/C21H21N3O7S/c1-3-31-20(26)18-15-9-10-23(21(27)30-2)12-16(15)32-19(18)22-17(25)8-7-13-5-4-6-14(11-13)24(28)29/h4-8,11H,3,9-10,12H2,1-2H3,(H,22,25)/b8-7+. The number of nitrogens with one attached hydrogen (secondary N) is 1. The summed E-state index contributed by atoms with van der Waals surface area (Å²) in [4.78, 5) is 49.6. The lowest BCUT2D eigenvalue weighted by Crippen LogP contribution is -2.35. The second kappa shape index (κ2) is 10.1. The van der Waals surface area contributed by atoms with E-state index >= 15 is 0 Å². The van der Waals surface area contributed by atoms with Crippen LogP contribution in [0.2, 0.25) is 0 Å². The molecule has 0 atom stereocenters. The molecule has 32 heavy (non-hydrogen) atoms. The van der Waals surface area contributed by atoms with E-state index in [1.807, 2.05) is 0 Å². The van der Waals surface area contributed by atoms with Gasteiger partial charge in [-0.05, 0) is 30.5 Å². The molecule has 0 saturated carbocycles. The molecule has 10 nitrogen and oxygen atoms in total. The molecule has 1 aliphatic rings. The molecule has 2 heterocycles. The molecule has 0 aliphatic carbocycles. The van der Waals surface area contributed by atoms with Gasteiger partial charge in [0.05, 0.1) is 30.7 Å². The number of non-ortho nitro benzene ring substituents is 1. The Balaban J connectivity index is 1.83. The molecule has 3 rings (SSSR count). The number of nitrogens with zero attached hydrogens (tertiary/aromatic N) is 2. The number of esters is 1. The molecule has 0 spiro atoms. The van der Waals surface area contributed by atoms with Gasteiger partial charge in [-0.3, -0.25) is 14.9 Å². The average Bonchev–Trinajstić information content (AvgIpc) is 3.14. The van der Waals surface area contributed by atoms with Gasteiger partial charge in [0.1, 0.15) is 5.00 Å². The Morgan fingerprint density at radius 3 is 2.81 bits per heavy atom. The van der Waals surface area contributed by atoms with Crippen LogP contribution < -0.4 is 5.32 Å². The summed E-state index contributed by atoms with van der Waals surface area (Å²) >= 11 is 1.20. The number of rotatable bonds is 6. The summed E-state index contributed by atoms with van der Waals surface area (Å²) in [5, 5.41) is 13.9. The fourth-order valence-corrected chi connectivity index (χ4v) is 4.52. The van der Waals surface area contributed by atoms with Gasteiger partial charge in [0.2, 0.25) is 5.91 Å². The highest BCUT2D eigenvalue weighted by atomic mass is 32.1. The second-order valence-corrected chi connectivity index (χ2v) is 7.85. The molecule has 168 valence electrons. The van der Waals surface area contributed by atoms with Crippen molar-refractivity contribution in [3.63, 3.8) is 0 Å². The van der Waals surface area contributed by atoms with Crippen LogP contribution in [0.3, 0.4) is 0 Å². The number of carbonyl (C=O) groups is 3. The highest BCUT2D eigenvalue weighted by Crippen LogP contribution is 2.38. The third-order valence-corrected chi connectivity index (χ3v) is 5.85. The Morgan fingerprint density at radius 1 is 1.34 bits per heavy atom. The van der Waals surface area contributed by atoms with E-state index in [-0.39, 0.29) is 24.4 Å². The number of carbonyl (C=O) groups excluding carboxylic acids is 3. The van der Waals surface area contributed by atoms with Crippen molar-refractivity contribution in [2.45, 2.75) is 19.9 Å². The number of nitro groups is 1. The van der Waals surface area contributed by atoms with Crippen LogP contribution in [0.25, 0.3) is 6.08 Å². The molecular formula is C21H21N3O7S. The minimum absolute atomic E-state index is 0.0850. The number of fused-ring (bicyclic) bond motifs is 1. The normalized spacial score (nSPS) is 12.9. The maximum absolute atomic E-state index is 12.6. The maximum atomic E-state index is 12.6. The minimum Gasteiger partial charge on any atom is -0.462 e. The van der Waals surface area contributed by atoms with Crippen molar-refractivity contribution in [3.8, 4) is 0 Å². The number of ether oxygens (including phenoxy) is 2. The molecule has 11 heteroatoms. The molecule has 0 unspecified atom stereocenters. The zero-order valence-corrected chi connectivity index (χ0v) is 18.3. The maximum Gasteiger partial charge on any atom is 0.409 e. The van der Waals surface area contributed by atoms with Crippen LogP contribution in [0, 0.1) is 10.1 Å². The van der Waals surface area contributed by atoms with Crippen LogP contribution >= 0.6 is 11.3 Å². The first-order valence-electron chi connectivity index (χ1n) is 9.72. The van der Waals surface area contributed by atoms with E-state index in [1.54, 1.807) is 13.0 Å². The molecule has 1 aromatic heterocycles. The van der Waals surface area contributed by atoms with Crippen LogP contribution in [0.1, 0.15) is 33.3 Å². The SMILES string of the molecule is CCOC(=O)c1c(NC(=O)/C=C/c2cccc([N+](=O)[O-])c2)sc2c1CCN(C(=O)OC)C2. The quantitative estimate of drug-likeness (QED) is 0.302. The Labute approximate surface area is 187 Å². The van der Waals surface area contributed by atoms with Crippen molar-refractivity contribution in [1.82, 2.24) is 4.90 Å². The number of amides is 2. The Kier molecular flexibility index (Phi) is 7.21. The van der Waals surface area contributed by atoms with Gasteiger partial charge in [-0.1, -0.05) is 12.1 Å².